The number of hydrogen-bond donors (Lipinski definition) is 1. The maximum atomic E-state index is 12.6. The molecule has 0 heterocycles. The highest BCUT2D eigenvalue weighted by atomic mass is 19.1. The number of methoxy groups -OCH3 is 1. The zero-order chi connectivity index (χ0) is 11.4. The Bertz CT molecular complexity index is 363. The minimum absolute atomic E-state index is 0.329. The number of para-hydroxylation sites is 1. The van der Waals surface area contributed by atoms with Gasteiger partial charge in [-0.2, -0.15) is 0 Å². The van der Waals surface area contributed by atoms with Gasteiger partial charge in [-0.1, -0.05) is 18.2 Å². The monoisotopic (exact) mass is 212 g/mol. The summed E-state index contributed by atoms with van der Waals surface area (Å²) >= 11 is 0. The normalized spacial score (nSPS) is 12.2. The van der Waals surface area contributed by atoms with E-state index in [0.29, 0.717) is 16.9 Å². The third kappa shape index (κ3) is 2.26. The Labute approximate surface area is 87.5 Å². The Morgan fingerprint density at radius 2 is 2.27 bits per heavy atom. The summed E-state index contributed by atoms with van der Waals surface area (Å²) in [5.74, 6) is -1.33. The van der Waals surface area contributed by atoms with Crippen LogP contribution in [0.5, 0.6) is 5.75 Å². The average Bonchev–Trinajstić information content (AvgIpc) is 2.26. The number of carbonyl (C=O) groups is 1. The van der Waals surface area contributed by atoms with Crippen LogP contribution in [0, 0.1) is 0 Å². The molecule has 1 rings (SSSR count). The molecule has 0 spiro atoms. The van der Waals surface area contributed by atoms with Crippen molar-refractivity contribution >= 4 is 5.97 Å². The van der Waals surface area contributed by atoms with Crippen molar-refractivity contribution in [3.05, 3.63) is 29.3 Å². The topological polar surface area (TPSA) is 46.5 Å². The van der Waals surface area contributed by atoms with Gasteiger partial charge in [0.25, 0.3) is 0 Å². The zero-order valence-electron chi connectivity index (χ0n) is 8.66. The van der Waals surface area contributed by atoms with Gasteiger partial charge in [-0.05, 0) is 6.92 Å². The average molecular weight is 212 g/mol. The lowest BCUT2D eigenvalue weighted by molar-refractivity contribution is -0.138. The second-order valence-electron chi connectivity index (χ2n) is 3.23. The Kier molecular flexibility index (Phi) is 3.66. The first-order valence-corrected chi connectivity index (χ1v) is 4.56. The highest BCUT2D eigenvalue weighted by molar-refractivity contribution is 5.77. The molecule has 1 unspecified atom stereocenters. The summed E-state index contributed by atoms with van der Waals surface area (Å²) < 4.78 is 17.6. The standard InChI is InChI=1S/C11H13FO3/c1-7(11(13)14)9-5-3-4-8(6-12)10(9)15-2/h3-5,7H,6H2,1-2H3,(H,13,14). The van der Waals surface area contributed by atoms with E-state index >= 15 is 0 Å². The molecule has 0 fully saturated rings. The maximum Gasteiger partial charge on any atom is 0.310 e. The van der Waals surface area contributed by atoms with E-state index in [1.54, 1.807) is 25.1 Å². The number of carboxylic acids is 1. The smallest absolute Gasteiger partial charge is 0.310 e. The molecule has 0 aliphatic rings. The molecule has 0 saturated carbocycles. The van der Waals surface area contributed by atoms with Crippen LogP contribution in [0.2, 0.25) is 0 Å². The zero-order valence-corrected chi connectivity index (χ0v) is 8.66. The molecule has 0 bridgehead atoms. The number of alkyl halides is 1. The third-order valence-electron chi connectivity index (χ3n) is 2.31. The first-order valence-electron chi connectivity index (χ1n) is 4.56. The van der Waals surface area contributed by atoms with Gasteiger partial charge in [0.05, 0.1) is 13.0 Å². The van der Waals surface area contributed by atoms with Crippen LogP contribution in [0.3, 0.4) is 0 Å². The van der Waals surface area contributed by atoms with Gasteiger partial charge in [0.2, 0.25) is 0 Å². The summed E-state index contributed by atoms with van der Waals surface area (Å²) in [6.07, 6.45) is 0. The Morgan fingerprint density at radius 3 is 2.73 bits per heavy atom. The highest BCUT2D eigenvalue weighted by Gasteiger charge is 2.19. The number of ether oxygens (including phenoxy) is 1. The van der Waals surface area contributed by atoms with E-state index in [1.165, 1.54) is 7.11 Å². The Morgan fingerprint density at radius 1 is 1.60 bits per heavy atom. The molecule has 1 aromatic carbocycles. The van der Waals surface area contributed by atoms with Crippen LogP contribution in [0.4, 0.5) is 4.39 Å². The van der Waals surface area contributed by atoms with Gasteiger partial charge < -0.3 is 9.84 Å². The van der Waals surface area contributed by atoms with Gasteiger partial charge in [0.15, 0.2) is 0 Å². The Hall–Kier alpha value is -1.58. The van der Waals surface area contributed by atoms with Crippen molar-refractivity contribution in [2.45, 2.75) is 19.5 Å². The van der Waals surface area contributed by atoms with Gasteiger partial charge in [-0.3, -0.25) is 4.79 Å². The molecule has 0 radical (unpaired) electrons. The van der Waals surface area contributed by atoms with Gasteiger partial charge >= 0.3 is 5.97 Å². The summed E-state index contributed by atoms with van der Waals surface area (Å²) in [6.45, 7) is 0.881. The molecular weight excluding hydrogens is 199 g/mol. The number of hydrogen-bond acceptors (Lipinski definition) is 2. The Balaban J connectivity index is 3.22. The van der Waals surface area contributed by atoms with Crippen LogP contribution in [0.15, 0.2) is 18.2 Å². The van der Waals surface area contributed by atoms with E-state index in [9.17, 15) is 9.18 Å². The number of carboxylic acid groups (broad SMARTS) is 1. The molecule has 0 amide bonds. The SMILES string of the molecule is COc1c(CF)cccc1C(C)C(=O)O. The van der Waals surface area contributed by atoms with Crippen molar-refractivity contribution in [3.63, 3.8) is 0 Å². The summed E-state index contributed by atoms with van der Waals surface area (Å²) in [6, 6.07) is 4.85. The predicted molar refractivity (Wildman–Crippen MR) is 53.9 cm³/mol. The fourth-order valence-corrected chi connectivity index (χ4v) is 1.43. The van der Waals surface area contributed by atoms with Crippen LogP contribution < -0.4 is 4.74 Å². The first kappa shape index (κ1) is 11.5. The molecule has 82 valence electrons. The molecule has 4 heteroatoms. The van der Waals surface area contributed by atoms with Crippen molar-refractivity contribution in [2.24, 2.45) is 0 Å². The van der Waals surface area contributed by atoms with Gasteiger partial charge in [-0.15, -0.1) is 0 Å². The number of halogens is 1. The molecular formula is C11H13FO3. The lowest BCUT2D eigenvalue weighted by Crippen LogP contribution is -2.09. The largest absolute Gasteiger partial charge is 0.496 e. The van der Waals surface area contributed by atoms with Crippen LogP contribution in [0.25, 0.3) is 0 Å². The van der Waals surface area contributed by atoms with Crippen LogP contribution >= 0.6 is 0 Å². The van der Waals surface area contributed by atoms with Crippen LogP contribution in [-0.2, 0) is 11.5 Å². The van der Waals surface area contributed by atoms with E-state index in [-0.39, 0.29) is 0 Å². The summed E-state index contributed by atoms with van der Waals surface area (Å²) in [7, 11) is 1.41. The lowest BCUT2D eigenvalue weighted by Gasteiger charge is -2.14. The van der Waals surface area contributed by atoms with Gasteiger partial charge in [0.1, 0.15) is 12.4 Å². The lowest BCUT2D eigenvalue weighted by atomic mass is 9.98. The first-order chi connectivity index (χ1) is 7.11. The second kappa shape index (κ2) is 4.77. The summed E-state index contributed by atoms with van der Waals surface area (Å²) in [5.41, 5.74) is 0.878. The fourth-order valence-electron chi connectivity index (χ4n) is 1.43. The predicted octanol–water partition coefficient (Wildman–Crippen LogP) is 2.35. The molecule has 1 N–H and O–H groups in total. The number of benzene rings is 1. The highest BCUT2D eigenvalue weighted by Crippen LogP contribution is 2.30. The van der Waals surface area contributed by atoms with Gasteiger partial charge in [-0.25, -0.2) is 4.39 Å². The molecule has 1 aromatic rings. The van der Waals surface area contributed by atoms with Crippen molar-refractivity contribution in [1.82, 2.24) is 0 Å². The van der Waals surface area contributed by atoms with Crippen molar-refractivity contribution in [2.75, 3.05) is 7.11 Å². The molecule has 0 aliphatic carbocycles. The molecule has 0 aromatic heterocycles. The number of rotatable bonds is 4. The number of aliphatic carboxylic acids is 1. The molecule has 1 atom stereocenters. The van der Waals surface area contributed by atoms with Crippen molar-refractivity contribution in [3.8, 4) is 5.75 Å². The quantitative estimate of drug-likeness (QED) is 0.833. The van der Waals surface area contributed by atoms with E-state index in [0.717, 1.165) is 0 Å². The molecule has 0 saturated heterocycles. The van der Waals surface area contributed by atoms with E-state index in [2.05, 4.69) is 0 Å². The molecule has 15 heavy (non-hydrogen) atoms. The minimum Gasteiger partial charge on any atom is -0.496 e. The van der Waals surface area contributed by atoms with Gasteiger partial charge in [0, 0.05) is 11.1 Å². The van der Waals surface area contributed by atoms with Crippen molar-refractivity contribution < 1.29 is 19.0 Å². The fraction of sp³-hybridized carbons (Fsp3) is 0.364. The summed E-state index contributed by atoms with van der Waals surface area (Å²) in [4.78, 5) is 10.8. The third-order valence-corrected chi connectivity index (χ3v) is 2.31. The van der Waals surface area contributed by atoms with Crippen molar-refractivity contribution in [1.29, 1.82) is 0 Å². The molecule has 3 nitrogen and oxygen atoms in total. The van der Waals surface area contributed by atoms with E-state index in [4.69, 9.17) is 9.84 Å². The van der Waals surface area contributed by atoms with Crippen LogP contribution in [0.1, 0.15) is 24.0 Å². The summed E-state index contributed by atoms with van der Waals surface area (Å²) in [5, 5.41) is 8.87. The maximum absolute atomic E-state index is 12.6. The minimum atomic E-state index is -0.954. The van der Waals surface area contributed by atoms with E-state index in [1.807, 2.05) is 0 Å². The second-order valence-corrected chi connectivity index (χ2v) is 3.23. The van der Waals surface area contributed by atoms with Crippen LogP contribution in [-0.4, -0.2) is 18.2 Å². The molecule has 0 aliphatic heterocycles. The van der Waals surface area contributed by atoms with E-state index < -0.39 is 18.6 Å².